The van der Waals surface area contributed by atoms with E-state index in [1.165, 1.54) is 4.90 Å². The molecular formula is C29H29NO4. The fourth-order valence-electron chi connectivity index (χ4n) is 4.56. The monoisotopic (exact) mass is 455 g/mol. The van der Waals surface area contributed by atoms with Crippen LogP contribution in [-0.4, -0.2) is 41.3 Å². The normalized spacial score (nSPS) is 13.0. The number of aryl methyl sites for hydroxylation is 1. The molecule has 174 valence electrons. The number of aliphatic carboxylic acids is 1. The predicted molar refractivity (Wildman–Crippen MR) is 133 cm³/mol. The van der Waals surface area contributed by atoms with Gasteiger partial charge >= 0.3 is 12.1 Å². The summed E-state index contributed by atoms with van der Waals surface area (Å²) >= 11 is 0. The van der Waals surface area contributed by atoms with E-state index in [9.17, 15) is 14.7 Å². The molecule has 0 heterocycles. The lowest BCUT2D eigenvalue weighted by Crippen LogP contribution is -2.47. The van der Waals surface area contributed by atoms with E-state index < -0.39 is 18.1 Å². The maximum Gasteiger partial charge on any atom is 0.410 e. The highest BCUT2D eigenvalue weighted by Gasteiger charge is 2.33. The third kappa shape index (κ3) is 4.88. The minimum absolute atomic E-state index is 0.0852. The first-order chi connectivity index (χ1) is 16.5. The maximum absolute atomic E-state index is 13.2. The third-order valence-electron chi connectivity index (χ3n) is 6.36. The molecule has 5 nitrogen and oxygen atoms in total. The number of hydrogen-bond donors (Lipinski definition) is 1. The number of carboxylic acids is 1. The SMILES string of the molecule is C=CCCN(C(=O)OCC1c2ccccc2-c2ccccc21)C(Cc1ccc(C)cc1)C(=O)O. The summed E-state index contributed by atoms with van der Waals surface area (Å²) in [6, 6.07) is 22.9. The van der Waals surface area contributed by atoms with Gasteiger partial charge < -0.3 is 9.84 Å². The zero-order chi connectivity index (χ0) is 24.1. The first-order valence-electron chi connectivity index (χ1n) is 11.5. The fourth-order valence-corrected chi connectivity index (χ4v) is 4.56. The summed E-state index contributed by atoms with van der Waals surface area (Å²) in [7, 11) is 0. The Morgan fingerprint density at radius 1 is 1.00 bits per heavy atom. The quantitative estimate of drug-likeness (QED) is 0.413. The van der Waals surface area contributed by atoms with Crippen LogP contribution in [0.5, 0.6) is 0 Å². The maximum atomic E-state index is 13.2. The van der Waals surface area contributed by atoms with Gasteiger partial charge in [0.1, 0.15) is 12.6 Å². The second-order valence-corrected chi connectivity index (χ2v) is 8.62. The highest BCUT2D eigenvalue weighted by Crippen LogP contribution is 2.44. The number of carboxylic acid groups (broad SMARTS) is 1. The number of carbonyl (C=O) groups excluding carboxylic acids is 1. The van der Waals surface area contributed by atoms with Crippen molar-refractivity contribution < 1.29 is 19.4 Å². The molecule has 0 aliphatic heterocycles. The van der Waals surface area contributed by atoms with Gasteiger partial charge in [0.2, 0.25) is 0 Å². The number of hydrogen-bond acceptors (Lipinski definition) is 3. The summed E-state index contributed by atoms with van der Waals surface area (Å²) in [5.74, 6) is -1.14. The van der Waals surface area contributed by atoms with E-state index in [4.69, 9.17) is 4.74 Å². The zero-order valence-corrected chi connectivity index (χ0v) is 19.3. The lowest BCUT2D eigenvalue weighted by molar-refractivity contribution is -0.142. The van der Waals surface area contributed by atoms with Crippen LogP contribution >= 0.6 is 0 Å². The number of benzene rings is 3. The summed E-state index contributed by atoms with van der Waals surface area (Å²) in [5.41, 5.74) is 6.46. The highest BCUT2D eigenvalue weighted by atomic mass is 16.6. The van der Waals surface area contributed by atoms with E-state index >= 15 is 0 Å². The Labute approximate surface area is 200 Å². The molecule has 4 rings (SSSR count). The van der Waals surface area contributed by atoms with Gasteiger partial charge in [-0.3, -0.25) is 4.90 Å². The summed E-state index contributed by atoms with van der Waals surface area (Å²) in [5, 5.41) is 9.97. The Balaban J connectivity index is 1.54. The largest absolute Gasteiger partial charge is 0.480 e. The standard InChI is InChI=1S/C29H29NO4/c1-3-4-17-30(27(28(31)32)18-21-15-13-20(2)14-16-21)29(33)34-19-26-24-11-7-5-9-22(24)23-10-6-8-12-25(23)26/h3,5-16,26-27H,1,4,17-19H2,2H3,(H,31,32). The second kappa shape index (κ2) is 10.4. The van der Waals surface area contributed by atoms with Gasteiger partial charge in [-0.1, -0.05) is 84.4 Å². The Morgan fingerprint density at radius 3 is 2.15 bits per heavy atom. The van der Waals surface area contributed by atoms with E-state index in [1.54, 1.807) is 6.08 Å². The Morgan fingerprint density at radius 2 is 1.59 bits per heavy atom. The van der Waals surface area contributed by atoms with Crippen molar-refractivity contribution in [1.29, 1.82) is 0 Å². The highest BCUT2D eigenvalue weighted by molar-refractivity contribution is 5.81. The smallest absolute Gasteiger partial charge is 0.410 e. The molecule has 3 aromatic carbocycles. The average molecular weight is 456 g/mol. The lowest BCUT2D eigenvalue weighted by atomic mass is 9.98. The molecule has 0 fully saturated rings. The zero-order valence-electron chi connectivity index (χ0n) is 19.3. The van der Waals surface area contributed by atoms with Gasteiger partial charge in [0.25, 0.3) is 0 Å². The van der Waals surface area contributed by atoms with Crippen LogP contribution in [0, 0.1) is 6.92 Å². The van der Waals surface area contributed by atoms with Crippen molar-refractivity contribution in [3.05, 3.63) is 108 Å². The van der Waals surface area contributed by atoms with Gasteiger partial charge in [-0.2, -0.15) is 0 Å². The van der Waals surface area contributed by atoms with Gasteiger partial charge in [0.15, 0.2) is 0 Å². The van der Waals surface area contributed by atoms with Crippen molar-refractivity contribution in [2.75, 3.05) is 13.2 Å². The summed E-state index contributed by atoms with van der Waals surface area (Å²) in [4.78, 5) is 26.7. The van der Waals surface area contributed by atoms with E-state index in [0.29, 0.717) is 6.42 Å². The van der Waals surface area contributed by atoms with Crippen LogP contribution in [0.25, 0.3) is 11.1 Å². The Kier molecular flexibility index (Phi) is 7.12. The van der Waals surface area contributed by atoms with Crippen molar-refractivity contribution in [2.24, 2.45) is 0 Å². The van der Waals surface area contributed by atoms with Crippen LogP contribution in [0.4, 0.5) is 4.79 Å². The minimum Gasteiger partial charge on any atom is -0.480 e. The van der Waals surface area contributed by atoms with Crippen LogP contribution in [0.1, 0.15) is 34.6 Å². The Hall–Kier alpha value is -3.86. The fraction of sp³-hybridized carbons (Fsp3) is 0.241. The van der Waals surface area contributed by atoms with E-state index in [-0.39, 0.29) is 25.5 Å². The van der Waals surface area contributed by atoms with Crippen LogP contribution in [0.2, 0.25) is 0 Å². The van der Waals surface area contributed by atoms with Crippen molar-refractivity contribution in [3.63, 3.8) is 0 Å². The van der Waals surface area contributed by atoms with Gasteiger partial charge in [0.05, 0.1) is 0 Å². The first kappa shape index (κ1) is 23.3. The molecule has 1 atom stereocenters. The molecule has 1 aliphatic rings. The van der Waals surface area contributed by atoms with Crippen molar-refractivity contribution >= 4 is 12.1 Å². The number of ether oxygens (including phenoxy) is 1. The molecule has 1 amide bonds. The molecule has 5 heteroatoms. The number of carbonyl (C=O) groups is 2. The predicted octanol–water partition coefficient (Wildman–Crippen LogP) is 5.82. The molecule has 1 aliphatic carbocycles. The molecule has 0 saturated carbocycles. The van der Waals surface area contributed by atoms with Crippen molar-refractivity contribution in [2.45, 2.75) is 31.7 Å². The van der Waals surface area contributed by atoms with E-state index in [1.807, 2.05) is 55.5 Å². The van der Waals surface area contributed by atoms with Crippen LogP contribution in [-0.2, 0) is 16.0 Å². The molecule has 1 N–H and O–H groups in total. The van der Waals surface area contributed by atoms with Crippen molar-refractivity contribution in [1.82, 2.24) is 4.90 Å². The number of nitrogens with zero attached hydrogens (tertiary/aromatic N) is 1. The van der Waals surface area contributed by atoms with E-state index in [2.05, 4.69) is 30.8 Å². The average Bonchev–Trinajstić information content (AvgIpc) is 3.17. The number of fused-ring (bicyclic) bond motifs is 3. The number of rotatable bonds is 9. The van der Waals surface area contributed by atoms with Crippen molar-refractivity contribution in [3.8, 4) is 11.1 Å². The summed E-state index contributed by atoms with van der Waals surface area (Å²) < 4.78 is 5.78. The molecule has 0 aromatic heterocycles. The molecule has 3 aromatic rings. The van der Waals surface area contributed by atoms with Gasteiger partial charge in [-0.15, -0.1) is 6.58 Å². The molecule has 1 unspecified atom stereocenters. The van der Waals surface area contributed by atoms with Crippen LogP contribution in [0.15, 0.2) is 85.5 Å². The number of amides is 1. The van der Waals surface area contributed by atoms with Crippen LogP contribution < -0.4 is 0 Å². The summed E-state index contributed by atoms with van der Waals surface area (Å²) in [6.07, 6.45) is 1.73. The van der Waals surface area contributed by atoms with Gasteiger partial charge in [-0.25, -0.2) is 9.59 Å². The second-order valence-electron chi connectivity index (χ2n) is 8.62. The molecule has 0 bridgehead atoms. The molecular weight excluding hydrogens is 426 g/mol. The lowest BCUT2D eigenvalue weighted by Gasteiger charge is -2.29. The topological polar surface area (TPSA) is 66.8 Å². The van der Waals surface area contributed by atoms with E-state index in [0.717, 1.165) is 33.4 Å². The van der Waals surface area contributed by atoms with Crippen LogP contribution in [0.3, 0.4) is 0 Å². The minimum atomic E-state index is -1.06. The molecule has 0 saturated heterocycles. The van der Waals surface area contributed by atoms with Gasteiger partial charge in [0, 0.05) is 18.9 Å². The van der Waals surface area contributed by atoms with Gasteiger partial charge in [-0.05, 0) is 41.2 Å². The first-order valence-corrected chi connectivity index (χ1v) is 11.5. The molecule has 0 radical (unpaired) electrons. The molecule has 0 spiro atoms. The Bertz CT molecular complexity index is 1140. The third-order valence-corrected chi connectivity index (χ3v) is 6.36. The summed E-state index contributed by atoms with van der Waals surface area (Å²) in [6.45, 7) is 6.07. The molecule has 34 heavy (non-hydrogen) atoms.